The number of primary amides is 1. The van der Waals surface area contributed by atoms with Crippen molar-refractivity contribution in [2.45, 2.75) is 38.6 Å². The number of carbonyl (C=O) groups excluding carboxylic acids is 1. The zero-order chi connectivity index (χ0) is 15.4. The van der Waals surface area contributed by atoms with Crippen LogP contribution in [0.3, 0.4) is 0 Å². The third-order valence-corrected chi connectivity index (χ3v) is 4.45. The molecule has 0 saturated heterocycles. The first-order valence-electron chi connectivity index (χ1n) is 7.64. The summed E-state index contributed by atoms with van der Waals surface area (Å²) in [7, 11) is 0. The summed E-state index contributed by atoms with van der Waals surface area (Å²) in [6.45, 7) is 3.41. The number of rotatable bonds is 5. The van der Waals surface area contributed by atoms with Crippen LogP contribution in [0.5, 0.6) is 0 Å². The van der Waals surface area contributed by atoms with Crippen LogP contribution in [0.25, 0.3) is 0 Å². The SMILES string of the molecule is CCN(c1ccc(F)cc1C(N)=O)C1CCCCC1CN. The van der Waals surface area contributed by atoms with E-state index < -0.39 is 11.7 Å². The molecule has 116 valence electrons. The minimum absolute atomic E-state index is 0.248. The van der Waals surface area contributed by atoms with Gasteiger partial charge in [-0.3, -0.25) is 4.79 Å². The second-order valence-corrected chi connectivity index (χ2v) is 5.66. The van der Waals surface area contributed by atoms with Gasteiger partial charge in [0.25, 0.3) is 5.91 Å². The van der Waals surface area contributed by atoms with Crippen LogP contribution in [-0.4, -0.2) is 25.0 Å². The van der Waals surface area contributed by atoms with E-state index in [1.807, 2.05) is 6.92 Å². The number of nitrogens with two attached hydrogens (primary N) is 2. The summed E-state index contributed by atoms with van der Waals surface area (Å²) in [6, 6.07) is 4.55. The summed E-state index contributed by atoms with van der Waals surface area (Å²) >= 11 is 0. The normalized spacial score (nSPS) is 22.0. The molecule has 1 amide bonds. The van der Waals surface area contributed by atoms with E-state index in [9.17, 15) is 9.18 Å². The molecule has 2 unspecified atom stereocenters. The molecule has 1 fully saturated rings. The molecule has 0 aliphatic heterocycles. The maximum atomic E-state index is 13.4. The van der Waals surface area contributed by atoms with Gasteiger partial charge in [-0.2, -0.15) is 0 Å². The number of halogens is 1. The summed E-state index contributed by atoms with van der Waals surface area (Å²) < 4.78 is 13.4. The molecular formula is C16H24FN3O. The minimum Gasteiger partial charge on any atom is -0.368 e. The third-order valence-electron chi connectivity index (χ3n) is 4.45. The molecule has 1 aromatic rings. The fourth-order valence-electron chi connectivity index (χ4n) is 3.41. The Kier molecular flexibility index (Phi) is 5.17. The van der Waals surface area contributed by atoms with Crippen LogP contribution in [-0.2, 0) is 0 Å². The highest BCUT2D eigenvalue weighted by molar-refractivity contribution is 5.98. The summed E-state index contributed by atoms with van der Waals surface area (Å²) in [5.41, 5.74) is 12.3. The van der Waals surface area contributed by atoms with Gasteiger partial charge in [0.15, 0.2) is 0 Å². The van der Waals surface area contributed by atoms with E-state index in [0.717, 1.165) is 31.5 Å². The highest BCUT2D eigenvalue weighted by Crippen LogP contribution is 2.33. The Morgan fingerprint density at radius 1 is 1.38 bits per heavy atom. The second-order valence-electron chi connectivity index (χ2n) is 5.66. The molecule has 1 saturated carbocycles. The topological polar surface area (TPSA) is 72.3 Å². The lowest BCUT2D eigenvalue weighted by molar-refractivity contribution is 0.1000. The molecule has 2 atom stereocenters. The largest absolute Gasteiger partial charge is 0.368 e. The van der Waals surface area contributed by atoms with Crippen molar-refractivity contribution in [2.75, 3.05) is 18.0 Å². The van der Waals surface area contributed by atoms with E-state index in [1.54, 1.807) is 6.07 Å². The molecule has 1 aromatic carbocycles. The number of anilines is 1. The number of benzene rings is 1. The molecule has 0 aromatic heterocycles. The highest BCUT2D eigenvalue weighted by Gasteiger charge is 2.30. The van der Waals surface area contributed by atoms with E-state index in [-0.39, 0.29) is 11.6 Å². The molecule has 0 spiro atoms. The predicted octanol–water partition coefficient (Wildman–Crippen LogP) is 2.27. The van der Waals surface area contributed by atoms with Crippen molar-refractivity contribution in [1.29, 1.82) is 0 Å². The van der Waals surface area contributed by atoms with Crippen LogP contribution in [0.4, 0.5) is 10.1 Å². The maximum Gasteiger partial charge on any atom is 0.250 e. The van der Waals surface area contributed by atoms with Crippen molar-refractivity contribution in [3.8, 4) is 0 Å². The standard InChI is InChI=1S/C16H24FN3O/c1-2-20(14-6-4-3-5-11(14)10-18)15-8-7-12(17)9-13(15)16(19)21/h7-9,11,14H,2-6,10,18H2,1H3,(H2,19,21). The lowest BCUT2D eigenvalue weighted by Gasteiger charge is -2.41. The predicted molar refractivity (Wildman–Crippen MR) is 82.7 cm³/mol. The van der Waals surface area contributed by atoms with Gasteiger partial charge in [0, 0.05) is 18.3 Å². The molecule has 1 aliphatic rings. The van der Waals surface area contributed by atoms with Gasteiger partial charge in [-0.15, -0.1) is 0 Å². The summed E-state index contributed by atoms with van der Waals surface area (Å²) in [4.78, 5) is 13.8. The fraction of sp³-hybridized carbons (Fsp3) is 0.562. The molecule has 1 aliphatic carbocycles. The van der Waals surface area contributed by atoms with Crippen LogP contribution >= 0.6 is 0 Å². The van der Waals surface area contributed by atoms with E-state index in [0.29, 0.717) is 12.5 Å². The molecule has 4 nitrogen and oxygen atoms in total. The van der Waals surface area contributed by atoms with Crippen LogP contribution in [0.2, 0.25) is 0 Å². The first-order valence-corrected chi connectivity index (χ1v) is 7.64. The summed E-state index contributed by atoms with van der Waals surface area (Å²) in [6.07, 6.45) is 4.50. The van der Waals surface area contributed by atoms with Gasteiger partial charge < -0.3 is 16.4 Å². The van der Waals surface area contributed by atoms with Gasteiger partial charge in [0.1, 0.15) is 5.82 Å². The fourth-order valence-corrected chi connectivity index (χ4v) is 3.41. The monoisotopic (exact) mass is 293 g/mol. The van der Waals surface area contributed by atoms with Crippen LogP contribution in [0, 0.1) is 11.7 Å². The van der Waals surface area contributed by atoms with Gasteiger partial charge in [-0.25, -0.2) is 4.39 Å². The average Bonchev–Trinajstić information content (AvgIpc) is 2.49. The lowest BCUT2D eigenvalue weighted by Crippen LogP contribution is -2.46. The van der Waals surface area contributed by atoms with Crippen molar-refractivity contribution < 1.29 is 9.18 Å². The van der Waals surface area contributed by atoms with Gasteiger partial charge in [-0.1, -0.05) is 12.8 Å². The van der Waals surface area contributed by atoms with Crippen LogP contribution < -0.4 is 16.4 Å². The Balaban J connectivity index is 2.38. The van der Waals surface area contributed by atoms with Gasteiger partial charge in [0.05, 0.1) is 5.56 Å². The number of amides is 1. The first kappa shape index (κ1) is 15.8. The zero-order valence-electron chi connectivity index (χ0n) is 12.5. The Morgan fingerprint density at radius 2 is 2.10 bits per heavy atom. The van der Waals surface area contributed by atoms with Gasteiger partial charge in [-0.05, 0) is 50.4 Å². The molecule has 0 radical (unpaired) electrons. The zero-order valence-corrected chi connectivity index (χ0v) is 12.5. The Bertz CT molecular complexity index is 506. The maximum absolute atomic E-state index is 13.4. The third kappa shape index (κ3) is 3.35. The lowest BCUT2D eigenvalue weighted by atomic mass is 9.83. The highest BCUT2D eigenvalue weighted by atomic mass is 19.1. The van der Waals surface area contributed by atoms with Crippen molar-refractivity contribution in [1.82, 2.24) is 0 Å². The van der Waals surface area contributed by atoms with Crippen LogP contribution in [0.1, 0.15) is 43.0 Å². The Hall–Kier alpha value is -1.62. The van der Waals surface area contributed by atoms with Crippen molar-refractivity contribution in [2.24, 2.45) is 17.4 Å². The van der Waals surface area contributed by atoms with E-state index in [2.05, 4.69) is 4.90 Å². The quantitative estimate of drug-likeness (QED) is 0.874. The molecular weight excluding hydrogens is 269 g/mol. The minimum atomic E-state index is -0.594. The van der Waals surface area contributed by atoms with Crippen LogP contribution in [0.15, 0.2) is 18.2 Å². The molecule has 0 heterocycles. The first-order chi connectivity index (χ1) is 10.1. The second kappa shape index (κ2) is 6.89. The van der Waals surface area contributed by atoms with Gasteiger partial charge >= 0.3 is 0 Å². The Morgan fingerprint density at radius 3 is 2.71 bits per heavy atom. The van der Waals surface area contributed by atoms with E-state index in [4.69, 9.17) is 11.5 Å². The van der Waals surface area contributed by atoms with E-state index in [1.165, 1.54) is 18.6 Å². The van der Waals surface area contributed by atoms with E-state index >= 15 is 0 Å². The summed E-state index contributed by atoms with van der Waals surface area (Å²) in [5.74, 6) is -0.629. The molecule has 5 heteroatoms. The molecule has 21 heavy (non-hydrogen) atoms. The number of hydrogen-bond acceptors (Lipinski definition) is 3. The smallest absolute Gasteiger partial charge is 0.250 e. The molecule has 0 bridgehead atoms. The molecule has 2 rings (SSSR count). The molecule has 4 N–H and O–H groups in total. The Labute approximate surface area is 125 Å². The van der Waals surface area contributed by atoms with Crippen molar-refractivity contribution in [3.05, 3.63) is 29.6 Å². The van der Waals surface area contributed by atoms with Gasteiger partial charge in [0.2, 0.25) is 0 Å². The van der Waals surface area contributed by atoms with Crippen molar-refractivity contribution in [3.63, 3.8) is 0 Å². The number of carbonyl (C=O) groups is 1. The number of hydrogen-bond donors (Lipinski definition) is 2. The number of nitrogens with zero attached hydrogens (tertiary/aromatic N) is 1. The summed E-state index contributed by atoms with van der Waals surface area (Å²) in [5, 5.41) is 0. The average molecular weight is 293 g/mol. The van der Waals surface area contributed by atoms with Crippen molar-refractivity contribution >= 4 is 11.6 Å².